The molecule has 0 aliphatic heterocycles. The van der Waals surface area contributed by atoms with Crippen molar-refractivity contribution in [1.29, 1.82) is 0 Å². The Balaban J connectivity index is 0.000000264. The second-order valence-electron chi connectivity index (χ2n) is 10.8. The molecule has 0 spiro atoms. The van der Waals surface area contributed by atoms with Gasteiger partial charge in [0.1, 0.15) is 0 Å². The van der Waals surface area contributed by atoms with Crippen molar-refractivity contribution in [2.75, 3.05) is 0 Å². The zero-order chi connectivity index (χ0) is 26.4. The van der Waals surface area contributed by atoms with Crippen molar-refractivity contribution in [1.82, 2.24) is 0 Å². The fourth-order valence-electron chi connectivity index (χ4n) is 4.37. The van der Waals surface area contributed by atoms with Gasteiger partial charge in [-0.3, -0.25) is 0 Å². The van der Waals surface area contributed by atoms with Gasteiger partial charge in [0, 0.05) is 8.07 Å². The van der Waals surface area contributed by atoms with Crippen LogP contribution in [0.15, 0.2) is 108 Å². The van der Waals surface area contributed by atoms with E-state index in [2.05, 4.69) is 53.4 Å². The summed E-state index contributed by atoms with van der Waals surface area (Å²) in [5.74, 6) is 0.784. The Morgan fingerprint density at radius 1 is 0.676 bits per heavy atom. The number of allylic oxidation sites excluding steroid dienone is 4. The van der Waals surface area contributed by atoms with E-state index in [1.165, 1.54) is 37.3 Å². The van der Waals surface area contributed by atoms with Crippen LogP contribution >= 0.6 is 0 Å². The molecule has 3 aromatic rings. The fraction of sp³-hybridized carbons (Fsp3) is 0.286. The molecule has 2 aliphatic rings. The van der Waals surface area contributed by atoms with Crippen molar-refractivity contribution in [2.24, 2.45) is 5.92 Å². The van der Waals surface area contributed by atoms with E-state index in [1.54, 1.807) is 11.1 Å². The summed E-state index contributed by atoms with van der Waals surface area (Å²) in [6.07, 6.45) is 9.10. The summed E-state index contributed by atoms with van der Waals surface area (Å²) in [7, 11) is -0.935. The maximum Gasteiger partial charge on any atom is 4.00 e. The van der Waals surface area contributed by atoms with Crippen LogP contribution in [0, 0.1) is 32.8 Å². The number of hydrogen-bond donors (Lipinski definition) is 0. The molecule has 0 amide bonds. The number of rotatable bonds is 2. The van der Waals surface area contributed by atoms with E-state index in [4.69, 9.17) is 0 Å². The first kappa shape index (κ1) is 32.7. The minimum atomic E-state index is -0.935. The minimum Gasteiger partial charge on any atom is -0.249 e. The van der Waals surface area contributed by atoms with Gasteiger partial charge in [-0.15, -0.1) is 36.4 Å². The molecular formula is C35H44SiTi. The molecule has 5 rings (SSSR count). The zero-order valence-electron chi connectivity index (χ0n) is 23.4. The van der Waals surface area contributed by atoms with Gasteiger partial charge in [0.15, 0.2) is 0 Å². The maximum absolute atomic E-state index is 3.72. The van der Waals surface area contributed by atoms with Gasteiger partial charge < -0.3 is 0 Å². The van der Waals surface area contributed by atoms with Crippen LogP contribution in [0.2, 0.25) is 25.7 Å². The van der Waals surface area contributed by atoms with Crippen LogP contribution in [-0.4, -0.2) is 8.07 Å². The molecule has 1 unspecified atom stereocenters. The first-order valence-corrected chi connectivity index (χ1v) is 16.8. The molecule has 0 fully saturated rings. The third-order valence-corrected chi connectivity index (χ3v) is 7.78. The van der Waals surface area contributed by atoms with Gasteiger partial charge >= 0.3 is 21.7 Å². The molecule has 0 N–H and O–H groups in total. The second kappa shape index (κ2) is 17.2. The summed E-state index contributed by atoms with van der Waals surface area (Å²) in [5, 5.41) is 0. The van der Waals surface area contributed by atoms with Crippen LogP contribution in [0.1, 0.15) is 49.3 Å². The summed E-state index contributed by atoms with van der Waals surface area (Å²) >= 11 is 0. The molecule has 0 aromatic heterocycles. The van der Waals surface area contributed by atoms with Gasteiger partial charge in [-0.05, 0) is 0 Å². The molecule has 0 nitrogen and oxygen atoms in total. The SMILES string of the molecule is CC1=[C-]C2=C(CCCC2)C1C[Si](C)(C)C.[CH2-]c1ccccc1.[CH2-]c1ccccc1.[CH2-]c1ccccc1.[Ti+4]. The van der Waals surface area contributed by atoms with Crippen LogP contribution in [0.25, 0.3) is 0 Å². The monoisotopic (exact) mass is 540 g/mol. The van der Waals surface area contributed by atoms with E-state index in [-0.39, 0.29) is 21.7 Å². The fourth-order valence-corrected chi connectivity index (χ4v) is 6.14. The van der Waals surface area contributed by atoms with E-state index in [1.807, 2.05) is 91.0 Å². The van der Waals surface area contributed by atoms with Crippen LogP contribution in [-0.2, 0) is 21.7 Å². The van der Waals surface area contributed by atoms with Gasteiger partial charge in [0.05, 0.1) is 0 Å². The predicted octanol–water partition coefficient (Wildman–Crippen LogP) is 10.2. The molecule has 0 bridgehead atoms. The summed E-state index contributed by atoms with van der Waals surface area (Å²) in [5.41, 5.74) is 8.10. The van der Waals surface area contributed by atoms with Crippen LogP contribution in [0.5, 0.6) is 0 Å². The van der Waals surface area contributed by atoms with Crippen molar-refractivity contribution >= 4 is 8.07 Å². The third-order valence-electron chi connectivity index (χ3n) is 6.15. The van der Waals surface area contributed by atoms with Crippen molar-refractivity contribution in [3.05, 3.63) is 151 Å². The van der Waals surface area contributed by atoms with Gasteiger partial charge in [0.25, 0.3) is 0 Å². The first-order chi connectivity index (χ1) is 17.2. The Morgan fingerprint density at radius 3 is 1.38 bits per heavy atom. The predicted molar refractivity (Wildman–Crippen MR) is 162 cm³/mol. The summed E-state index contributed by atoms with van der Waals surface area (Å²) in [6.45, 7) is 20.9. The summed E-state index contributed by atoms with van der Waals surface area (Å²) in [4.78, 5) is 0. The van der Waals surface area contributed by atoms with E-state index < -0.39 is 8.07 Å². The zero-order valence-corrected chi connectivity index (χ0v) is 26.0. The average molecular weight is 541 g/mol. The molecular weight excluding hydrogens is 496 g/mol. The molecule has 37 heavy (non-hydrogen) atoms. The largest absolute Gasteiger partial charge is 4.00 e. The first-order valence-electron chi connectivity index (χ1n) is 13.1. The normalized spacial score (nSPS) is 15.7. The average Bonchev–Trinajstić information content (AvgIpc) is 3.15. The third kappa shape index (κ3) is 13.7. The smallest absolute Gasteiger partial charge is 0.249 e. The van der Waals surface area contributed by atoms with Gasteiger partial charge in [-0.1, -0.05) is 82.4 Å². The Kier molecular flexibility index (Phi) is 15.2. The van der Waals surface area contributed by atoms with Crippen LogP contribution in [0.4, 0.5) is 0 Å². The molecule has 2 heteroatoms. The Morgan fingerprint density at radius 2 is 1.05 bits per heavy atom. The summed E-state index contributed by atoms with van der Waals surface area (Å²) < 4.78 is 0. The molecule has 1 atom stereocenters. The van der Waals surface area contributed by atoms with Gasteiger partial charge in [0.2, 0.25) is 0 Å². The van der Waals surface area contributed by atoms with Crippen LogP contribution in [0.3, 0.4) is 0 Å². The molecule has 192 valence electrons. The summed E-state index contributed by atoms with van der Waals surface area (Å²) in [6, 6.07) is 31.1. The van der Waals surface area contributed by atoms with E-state index in [0.717, 1.165) is 22.6 Å². The van der Waals surface area contributed by atoms with Crippen LogP contribution < -0.4 is 0 Å². The van der Waals surface area contributed by atoms with Crippen molar-refractivity contribution in [3.63, 3.8) is 0 Å². The standard InChI is InChI=1S/C14H23Si.3C7H7.Ti/c1-11-9-12-7-5-6-8-13(12)14(11)10-15(2,3)4;3*1-7-5-3-2-4-6-7;/h14H,5-8,10H2,1-4H3;3*2-6H,1H2;/q4*-1;+4. The maximum atomic E-state index is 3.72. The Bertz CT molecular complexity index is 971. The Hall–Kier alpha value is -2.32. The van der Waals surface area contributed by atoms with Gasteiger partial charge in [-0.2, -0.15) is 79.4 Å². The number of hydrogen-bond acceptors (Lipinski definition) is 0. The molecule has 3 aromatic carbocycles. The molecule has 2 aliphatic carbocycles. The number of benzene rings is 3. The van der Waals surface area contributed by atoms with Gasteiger partial charge in [-0.25, -0.2) is 17.2 Å². The van der Waals surface area contributed by atoms with Crippen molar-refractivity contribution in [3.8, 4) is 0 Å². The molecule has 0 saturated carbocycles. The molecule has 0 saturated heterocycles. The van der Waals surface area contributed by atoms with Crippen molar-refractivity contribution < 1.29 is 21.7 Å². The minimum absolute atomic E-state index is 0. The topological polar surface area (TPSA) is 0 Å². The van der Waals surface area contributed by atoms with Crippen molar-refractivity contribution in [2.45, 2.75) is 58.3 Å². The van der Waals surface area contributed by atoms with E-state index >= 15 is 0 Å². The van der Waals surface area contributed by atoms with E-state index in [9.17, 15) is 0 Å². The molecule has 0 heterocycles. The molecule has 0 radical (unpaired) electrons. The second-order valence-corrected chi connectivity index (χ2v) is 16.3. The Labute approximate surface area is 244 Å². The van der Waals surface area contributed by atoms with E-state index in [0.29, 0.717) is 0 Å². The quantitative estimate of drug-likeness (QED) is 0.224.